The van der Waals surface area contributed by atoms with Gasteiger partial charge in [-0.25, -0.2) is 0 Å². The molecule has 2 atom stereocenters. The fraction of sp³-hybridized carbons (Fsp3) is 0.647. The highest BCUT2D eigenvalue weighted by molar-refractivity contribution is 5.79. The van der Waals surface area contributed by atoms with Crippen LogP contribution in [0.4, 0.5) is 0 Å². The molecule has 1 amide bonds. The van der Waals surface area contributed by atoms with E-state index in [9.17, 15) is 4.79 Å². The van der Waals surface area contributed by atoms with E-state index in [0.29, 0.717) is 31.3 Å². The summed E-state index contributed by atoms with van der Waals surface area (Å²) < 4.78 is 13.3. The Morgan fingerprint density at radius 2 is 2.00 bits per heavy atom. The van der Waals surface area contributed by atoms with Gasteiger partial charge in [0, 0.05) is 31.3 Å². The molecule has 1 saturated heterocycles. The first-order valence-electron chi connectivity index (χ1n) is 8.65. The number of rotatable bonds is 4. The van der Waals surface area contributed by atoms with E-state index in [4.69, 9.17) is 9.15 Å². The maximum Gasteiger partial charge on any atom is 0.247 e. The molecular formula is C17H25N5O3. The molecule has 0 unspecified atom stereocenters. The second-order valence-corrected chi connectivity index (χ2v) is 6.54. The summed E-state index contributed by atoms with van der Waals surface area (Å²) >= 11 is 0. The van der Waals surface area contributed by atoms with Crippen molar-refractivity contribution in [3.05, 3.63) is 28.7 Å². The summed E-state index contributed by atoms with van der Waals surface area (Å²) in [5.41, 5.74) is 2.98. The molecule has 0 spiro atoms. The summed E-state index contributed by atoms with van der Waals surface area (Å²) in [6, 6.07) is 0. The lowest BCUT2D eigenvalue weighted by atomic mass is 10.1. The molecule has 0 aliphatic carbocycles. The quantitative estimate of drug-likeness (QED) is 0.837. The Bertz CT molecular complexity index is 766. The van der Waals surface area contributed by atoms with Crippen molar-refractivity contribution in [2.24, 2.45) is 0 Å². The van der Waals surface area contributed by atoms with Gasteiger partial charge in [-0.05, 0) is 27.7 Å². The van der Waals surface area contributed by atoms with Crippen LogP contribution in [0.3, 0.4) is 0 Å². The van der Waals surface area contributed by atoms with Crippen LogP contribution in [0.5, 0.6) is 0 Å². The summed E-state index contributed by atoms with van der Waals surface area (Å²) in [6.07, 6.45) is -0.120. The highest BCUT2D eigenvalue weighted by atomic mass is 16.5. The Hall–Kier alpha value is -2.22. The van der Waals surface area contributed by atoms with E-state index in [2.05, 4.69) is 15.3 Å². The number of carbonyl (C=O) groups is 1. The molecule has 3 heterocycles. The average molecular weight is 347 g/mol. The fourth-order valence-corrected chi connectivity index (χ4v) is 3.29. The van der Waals surface area contributed by atoms with E-state index in [1.54, 1.807) is 6.92 Å². The van der Waals surface area contributed by atoms with E-state index in [0.717, 1.165) is 23.5 Å². The van der Waals surface area contributed by atoms with Gasteiger partial charge in [-0.15, -0.1) is 10.2 Å². The molecule has 1 aliphatic heterocycles. The number of aromatic nitrogens is 4. The zero-order valence-electron chi connectivity index (χ0n) is 15.4. The Balaban J connectivity index is 1.74. The van der Waals surface area contributed by atoms with Gasteiger partial charge >= 0.3 is 0 Å². The van der Waals surface area contributed by atoms with Gasteiger partial charge in [0.25, 0.3) is 0 Å². The molecule has 2 aromatic heterocycles. The molecule has 8 nitrogen and oxygen atoms in total. The molecule has 2 aromatic rings. The van der Waals surface area contributed by atoms with Crippen LogP contribution in [-0.4, -0.2) is 50.0 Å². The average Bonchev–Trinajstić information content (AvgIpc) is 3.12. The van der Waals surface area contributed by atoms with Gasteiger partial charge in [-0.3, -0.25) is 9.48 Å². The number of ether oxygens (including phenoxy) is 1. The maximum absolute atomic E-state index is 12.9. The third kappa shape index (κ3) is 3.58. The molecule has 1 aliphatic rings. The highest BCUT2D eigenvalue weighted by Crippen LogP contribution is 2.25. The first-order chi connectivity index (χ1) is 11.9. The van der Waals surface area contributed by atoms with Crippen molar-refractivity contribution in [1.82, 2.24) is 24.9 Å². The molecule has 3 rings (SSSR count). The molecule has 1 fully saturated rings. The summed E-state index contributed by atoms with van der Waals surface area (Å²) in [7, 11) is 0. The van der Waals surface area contributed by atoms with Gasteiger partial charge in [0.15, 0.2) is 6.10 Å². The number of morpholine rings is 1. The number of carbonyl (C=O) groups excluding carboxylic acids is 1. The highest BCUT2D eigenvalue weighted by Gasteiger charge is 2.33. The van der Waals surface area contributed by atoms with Crippen molar-refractivity contribution >= 4 is 5.91 Å². The summed E-state index contributed by atoms with van der Waals surface area (Å²) in [6.45, 7) is 11.5. The SMILES string of the molecule is CCn1nc(C)c(CC(=O)N2C[C@@H](C)O[C@@H](c3nnc(C)o3)C2)c1C. The van der Waals surface area contributed by atoms with Crippen molar-refractivity contribution in [3.8, 4) is 0 Å². The molecule has 25 heavy (non-hydrogen) atoms. The first kappa shape index (κ1) is 17.6. The zero-order valence-corrected chi connectivity index (χ0v) is 15.4. The topological polar surface area (TPSA) is 86.3 Å². The van der Waals surface area contributed by atoms with Crippen LogP contribution in [0.15, 0.2) is 4.42 Å². The molecule has 0 N–H and O–H groups in total. The van der Waals surface area contributed by atoms with E-state index in [1.165, 1.54) is 0 Å². The molecular weight excluding hydrogens is 322 g/mol. The predicted molar refractivity (Wildman–Crippen MR) is 90.0 cm³/mol. The van der Waals surface area contributed by atoms with E-state index in [-0.39, 0.29) is 18.1 Å². The van der Waals surface area contributed by atoms with Crippen LogP contribution >= 0.6 is 0 Å². The van der Waals surface area contributed by atoms with Gasteiger partial charge in [-0.2, -0.15) is 5.10 Å². The van der Waals surface area contributed by atoms with Crippen LogP contribution in [0.1, 0.15) is 48.7 Å². The maximum atomic E-state index is 12.9. The molecule has 8 heteroatoms. The van der Waals surface area contributed by atoms with E-state index in [1.807, 2.05) is 37.3 Å². The smallest absolute Gasteiger partial charge is 0.247 e. The standard InChI is InChI=1S/C17H25N5O3/c1-6-22-12(4)14(11(3)20-22)7-16(23)21-8-10(2)24-15(9-21)17-19-18-13(5)25-17/h10,15H,6-9H2,1-5H3/t10-,15-/m1/s1. The Morgan fingerprint density at radius 3 is 2.60 bits per heavy atom. The van der Waals surface area contributed by atoms with E-state index < -0.39 is 0 Å². The molecule has 0 saturated carbocycles. The molecule has 0 bridgehead atoms. The second-order valence-electron chi connectivity index (χ2n) is 6.54. The molecule has 0 radical (unpaired) electrons. The molecule has 136 valence electrons. The second kappa shape index (κ2) is 6.95. The fourth-order valence-electron chi connectivity index (χ4n) is 3.29. The normalized spacial score (nSPS) is 20.9. The van der Waals surface area contributed by atoms with E-state index >= 15 is 0 Å². The lowest BCUT2D eigenvalue weighted by Crippen LogP contribution is -2.46. The third-order valence-corrected chi connectivity index (χ3v) is 4.59. The lowest BCUT2D eigenvalue weighted by Gasteiger charge is -2.35. The molecule has 0 aromatic carbocycles. The van der Waals surface area contributed by atoms with Crippen molar-refractivity contribution in [1.29, 1.82) is 0 Å². The minimum Gasteiger partial charge on any atom is -0.423 e. The Labute approximate surface area is 147 Å². The number of hydrogen-bond donors (Lipinski definition) is 0. The van der Waals surface area contributed by atoms with Gasteiger partial charge in [0.1, 0.15) is 0 Å². The van der Waals surface area contributed by atoms with Crippen LogP contribution in [0.2, 0.25) is 0 Å². The summed E-state index contributed by atoms with van der Waals surface area (Å²) in [4.78, 5) is 14.7. The Kier molecular flexibility index (Phi) is 4.89. The van der Waals surface area contributed by atoms with Crippen molar-refractivity contribution in [3.63, 3.8) is 0 Å². The number of amides is 1. The monoisotopic (exact) mass is 347 g/mol. The minimum atomic E-state index is -0.380. The van der Waals surface area contributed by atoms with Crippen molar-refractivity contribution in [2.45, 2.75) is 59.8 Å². The zero-order chi connectivity index (χ0) is 18.1. The predicted octanol–water partition coefficient (Wildman–Crippen LogP) is 1.74. The lowest BCUT2D eigenvalue weighted by molar-refractivity contribution is -0.145. The van der Waals surface area contributed by atoms with Crippen LogP contribution < -0.4 is 0 Å². The largest absolute Gasteiger partial charge is 0.423 e. The van der Waals surface area contributed by atoms with Crippen molar-refractivity contribution in [2.75, 3.05) is 13.1 Å². The number of nitrogens with zero attached hydrogens (tertiary/aromatic N) is 5. The van der Waals surface area contributed by atoms with Crippen LogP contribution in [0.25, 0.3) is 0 Å². The van der Waals surface area contributed by atoms with Gasteiger partial charge in [-0.1, -0.05) is 0 Å². The first-order valence-corrected chi connectivity index (χ1v) is 8.65. The van der Waals surface area contributed by atoms with Crippen molar-refractivity contribution < 1.29 is 13.9 Å². The third-order valence-electron chi connectivity index (χ3n) is 4.59. The number of hydrogen-bond acceptors (Lipinski definition) is 6. The van der Waals surface area contributed by atoms with Crippen LogP contribution in [0, 0.1) is 20.8 Å². The number of aryl methyl sites for hydroxylation is 3. The summed E-state index contributed by atoms with van der Waals surface area (Å²) in [5.74, 6) is 0.985. The van der Waals surface area contributed by atoms with Gasteiger partial charge < -0.3 is 14.1 Å². The van der Waals surface area contributed by atoms with Crippen LogP contribution in [-0.2, 0) is 22.5 Å². The Morgan fingerprint density at radius 1 is 1.24 bits per heavy atom. The van der Waals surface area contributed by atoms with Gasteiger partial charge in [0.2, 0.25) is 17.7 Å². The van der Waals surface area contributed by atoms with Gasteiger partial charge in [0.05, 0.1) is 24.8 Å². The summed E-state index contributed by atoms with van der Waals surface area (Å²) in [5, 5.41) is 12.4. The minimum absolute atomic E-state index is 0.0678.